The number of methoxy groups -OCH3 is 1. The van der Waals surface area contributed by atoms with Gasteiger partial charge in [0.2, 0.25) is 11.9 Å². The third-order valence-corrected chi connectivity index (χ3v) is 6.66. The number of carbonyl (C=O) groups is 1. The van der Waals surface area contributed by atoms with E-state index in [1.807, 2.05) is 24.3 Å². The summed E-state index contributed by atoms with van der Waals surface area (Å²) in [7, 11) is 1.34. The van der Waals surface area contributed by atoms with Crippen LogP contribution in [0.15, 0.2) is 24.3 Å². The maximum absolute atomic E-state index is 11.5. The fourth-order valence-electron chi connectivity index (χ4n) is 4.89. The van der Waals surface area contributed by atoms with E-state index in [4.69, 9.17) is 24.4 Å². The molecule has 4 aliphatic rings. The topological polar surface area (TPSA) is 102 Å². The molecular formula is C22H26N6O4. The highest BCUT2D eigenvalue weighted by Gasteiger charge is 2.50. The van der Waals surface area contributed by atoms with E-state index in [1.54, 1.807) is 0 Å². The van der Waals surface area contributed by atoms with E-state index in [0.29, 0.717) is 23.4 Å². The number of aromatic nitrogens is 3. The number of nitrogens with zero attached hydrogens (tertiary/aromatic N) is 5. The zero-order valence-corrected chi connectivity index (χ0v) is 18.0. The first-order valence-corrected chi connectivity index (χ1v) is 11.0. The van der Waals surface area contributed by atoms with Gasteiger partial charge in [0.15, 0.2) is 5.82 Å². The number of benzene rings is 1. The number of nitrogens with one attached hydrogen (secondary N) is 1. The molecule has 10 heteroatoms. The molecule has 4 saturated heterocycles. The van der Waals surface area contributed by atoms with E-state index in [-0.39, 0.29) is 17.6 Å². The molecule has 1 N–H and O–H groups in total. The molecule has 2 aromatic rings. The molecule has 1 amide bonds. The highest BCUT2D eigenvalue weighted by atomic mass is 16.5. The van der Waals surface area contributed by atoms with Gasteiger partial charge in [-0.25, -0.2) is 4.79 Å². The van der Waals surface area contributed by atoms with E-state index in [0.717, 1.165) is 57.8 Å². The van der Waals surface area contributed by atoms with Gasteiger partial charge in [0.1, 0.15) is 0 Å². The summed E-state index contributed by atoms with van der Waals surface area (Å²) in [5, 5.41) is 2.66. The lowest BCUT2D eigenvalue weighted by atomic mass is 9.78. The lowest BCUT2D eigenvalue weighted by Crippen LogP contribution is -2.66. The SMILES string of the molecule is COC(=O)Nc1ccc(-c2nc(N3CC4CCC(C3)O4)nc(N3CC4(COC4)C3)n2)cc1. The van der Waals surface area contributed by atoms with Crippen molar-refractivity contribution in [3.8, 4) is 11.4 Å². The number of rotatable bonds is 4. The van der Waals surface area contributed by atoms with E-state index >= 15 is 0 Å². The van der Waals surface area contributed by atoms with Crippen LogP contribution in [0.25, 0.3) is 11.4 Å². The maximum atomic E-state index is 11.5. The minimum atomic E-state index is -0.504. The first-order valence-electron chi connectivity index (χ1n) is 11.0. The Morgan fingerprint density at radius 3 is 2.28 bits per heavy atom. The van der Waals surface area contributed by atoms with Gasteiger partial charge in [0, 0.05) is 37.4 Å². The van der Waals surface area contributed by atoms with Gasteiger partial charge >= 0.3 is 6.09 Å². The van der Waals surface area contributed by atoms with Gasteiger partial charge < -0.3 is 24.0 Å². The minimum Gasteiger partial charge on any atom is -0.453 e. The minimum absolute atomic E-state index is 0.250. The second kappa shape index (κ2) is 7.56. The zero-order chi connectivity index (χ0) is 21.7. The number of anilines is 3. The monoisotopic (exact) mass is 438 g/mol. The Labute approximate surface area is 185 Å². The molecular weight excluding hydrogens is 412 g/mol. The second-order valence-corrected chi connectivity index (χ2v) is 9.16. The highest BCUT2D eigenvalue weighted by molar-refractivity contribution is 5.84. The van der Waals surface area contributed by atoms with Crippen LogP contribution in [0, 0.1) is 5.41 Å². The third kappa shape index (κ3) is 3.53. The first-order chi connectivity index (χ1) is 15.6. The molecule has 32 heavy (non-hydrogen) atoms. The van der Waals surface area contributed by atoms with Crippen molar-refractivity contribution < 1.29 is 19.0 Å². The van der Waals surface area contributed by atoms with E-state index in [2.05, 4.69) is 19.9 Å². The Morgan fingerprint density at radius 2 is 1.69 bits per heavy atom. The average molecular weight is 438 g/mol. The number of ether oxygens (including phenoxy) is 3. The Bertz CT molecular complexity index is 1010. The highest BCUT2D eigenvalue weighted by Crippen LogP contribution is 2.40. The Hall–Kier alpha value is -2.98. The fraction of sp³-hybridized carbons (Fsp3) is 0.545. The summed E-state index contributed by atoms with van der Waals surface area (Å²) in [4.78, 5) is 30.4. The summed E-state index contributed by atoms with van der Waals surface area (Å²) in [5.41, 5.74) is 1.78. The summed E-state index contributed by atoms with van der Waals surface area (Å²) in [6, 6.07) is 7.42. The van der Waals surface area contributed by atoms with E-state index in [9.17, 15) is 4.79 Å². The van der Waals surface area contributed by atoms with Crippen LogP contribution < -0.4 is 15.1 Å². The van der Waals surface area contributed by atoms with Crippen molar-refractivity contribution in [3.63, 3.8) is 0 Å². The zero-order valence-electron chi connectivity index (χ0n) is 18.0. The molecule has 2 atom stereocenters. The van der Waals surface area contributed by atoms with Crippen LogP contribution in [0.4, 0.5) is 22.4 Å². The standard InChI is InChI=1S/C22H26N6O4/c1-30-21(29)23-15-4-2-14(3-5-15)18-24-19(27-8-16-6-7-17(9-27)32-16)26-20(25-18)28-10-22(11-28)12-31-13-22/h2-5,16-17H,6-13H2,1H3,(H,23,29). The van der Waals surface area contributed by atoms with Crippen molar-refractivity contribution >= 4 is 23.7 Å². The average Bonchev–Trinajstić information content (AvgIpc) is 3.09. The molecule has 168 valence electrons. The number of hydrogen-bond donors (Lipinski definition) is 1. The smallest absolute Gasteiger partial charge is 0.411 e. The molecule has 5 heterocycles. The quantitative estimate of drug-likeness (QED) is 0.767. The van der Waals surface area contributed by atoms with Crippen LogP contribution in [0.3, 0.4) is 0 Å². The molecule has 0 saturated carbocycles. The molecule has 0 aliphatic carbocycles. The molecule has 0 radical (unpaired) electrons. The maximum Gasteiger partial charge on any atom is 0.411 e. The molecule has 2 bridgehead atoms. The van der Waals surface area contributed by atoms with Gasteiger partial charge in [-0.1, -0.05) is 0 Å². The summed E-state index contributed by atoms with van der Waals surface area (Å²) < 4.78 is 16.1. The van der Waals surface area contributed by atoms with Crippen LogP contribution in [0.1, 0.15) is 12.8 Å². The number of carbonyl (C=O) groups excluding carboxylic acids is 1. The summed E-state index contributed by atoms with van der Waals surface area (Å²) in [5.74, 6) is 2.03. The van der Waals surface area contributed by atoms with Crippen molar-refractivity contribution in [2.45, 2.75) is 25.0 Å². The summed E-state index contributed by atoms with van der Waals surface area (Å²) in [6.45, 7) is 5.06. The molecule has 1 spiro atoms. The molecule has 6 rings (SSSR count). The second-order valence-electron chi connectivity index (χ2n) is 9.16. The molecule has 1 aromatic heterocycles. The fourth-order valence-corrected chi connectivity index (χ4v) is 4.89. The Balaban J connectivity index is 1.30. The van der Waals surface area contributed by atoms with Crippen molar-refractivity contribution in [2.75, 3.05) is 61.6 Å². The number of morpholine rings is 1. The van der Waals surface area contributed by atoms with Gasteiger partial charge in [0.25, 0.3) is 0 Å². The third-order valence-electron chi connectivity index (χ3n) is 6.66. The number of fused-ring (bicyclic) bond motifs is 2. The van der Waals surface area contributed by atoms with Gasteiger partial charge in [-0.2, -0.15) is 15.0 Å². The van der Waals surface area contributed by atoms with E-state index in [1.165, 1.54) is 7.11 Å². The van der Waals surface area contributed by atoms with Crippen LogP contribution in [0.2, 0.25) is 0 Å². The van der Waals surface area contributed by atoms with Crippen LogP contribution in [-0.2, 0) is 14.2 Å². The molecule has 1 aromatic carbocycles. The molecule has 4 fully saturated rings. The largest absolute Gasteiger partial charge is 0.453 e. The predicted molar refractivity (Wildman–Crippen MR) is 117 cm³/mol. The molecule has 4 aliphatic heterocycles. The predicted octanol–water partition coefficient (Wildman–Crippen LogP) is 1.92. The Kier molecular flexibility index (Phi) is 4.65. The lowest BCUT2D eigenvalue weighted by molar-refractivity contribution is -0.127. The first kappa shape index (κ1) is 19.7. The summed E-state index contributed by atoms with van der Waals surface area (Å²) >= 11 is 0. The normalized spacial score (nSPS) is 25.3. The van der Waals surface area contributed by atoms with Crippen LogP contribution in [0.5, 0.6) is 0 Å². The van der Waals surface area contributed by atoms with Crippen LogP contribution >= 0.6 is 0 Å². The van der Waals surface area contributed by atoms with Gasteiger partial charge in [-0.05, 0) is 37.1 Å². The van der Waals surface area contributed by atoms with Gasteiger partial charge in [-0.3, -0.25) is 5.32 Å². The van der Waals surface area contributed by atoms with Crippen molar-refractivity contribution in [1.82, 2.24) is 15.0 Å². The summed E-state index contributed by atoms with van der Waals surface area (Å²) in [6.07, 6.45) is 2.18. The van der Waals surface area contributed by atoms with Gasteiger partial charge in [-0.15, -0.1) is 0 Å². The van der Waals surface area contributed by atoms with Crippen molar-refractivity contribution in [2.24, 2.45) is 5.41 Å². The van der Waals surface area contributed by atoms with E-state index < -0.39 is 6.09 Å². The molecule has 10 nitrogen and oxygen atoms in total. The van der Waals surface area contributed by atoms with Crippen molar-refractivity contribution in [3.05, 3.63) is 24.3 Å². The number of hydrogen-bond acceptors (Lipinski definition) is 9. The lowest BCUT2D eigenvalue weighted by Gasteiger charge is -2.54. The van der Waals surface area contributed by atoms with Crippen LogP contribution in [-0.4, -0.2) is 79.8 Å². The van der Waals surface area contributed by atoms with Gasteiger partial charge in [0.05, 0.1) is 37.9 Å². The van der Waals surface area contributed by atoms with Crippen molar-refractivity contribution in [1.29, 1.82) is 0 Å². The number of amides is 1. The molecule has 2 unspecified atom stereocenters. The Morgan fingerprint density at radius 1 is 1.03 bits per heavy atom.